The topological polar surface area (TPSA) is 58.1 Å². The second-order valence-corrected chi connectivity index (χ2v) is 6.10. The van der Waals surface area contributed by atoms with Crippen LogP contribution in [-0.4, -0.2) is 15.3 Å². The van der Waals surface area contributed by atoms with Crippen molar-refractivity contribution < 1.29 is 9.84 Å². The van der Waals surface area contributed by atoms with Gasteiger partial charge in [0.25, 0.3) is 0 Å². The van der Waals surface area contributed by atoms with Crippen LogP contribution in [0.2, 0.25) is 0 Å². The van der Waals surface area contributed by atoms with Gasteiger partial charge in [-0.1, -0.05) is 42.0 Å². The molecule has 4 heteroatoms. The van der Waals surface area contributed by atoms with Gasteiger partial charge in [0.15, 0.2) is 0 Å². The normalized spacial score (nSPS) is 10.7. The number of nitrogens with one attached hydrogen (secondary N) is 1. The minimum Gasteiger partial charge on any atom is -0.507 e. The largest absolute Gasteiger partial charge is 0.507 e. The standard InChI is InChI=1S/C22H18N2O2/c1-15-11-12-21(25)18(13-15)20-14-19(23-24-20)17-9-5-6-10-22(17)26-16-7-3-2-4-8-16/h2-14,25H,1H3,(H,23,24). The second-order valence-electron chi connectivity index (χ2n) is 6.10. The van der Waals surface area contributed by atoms with Crippen LogP contribution in [0.1, 0.15) is 5.56 Å². The third-order valence-electron chi connectivity index (χ3n) is 4.15. The first-order valence-electron chi connectivity index (χ1n) is 8.38. The van der Waals surface area contributed by atoms with Crippen LogP contribution in [-0.2, 0) is 0 Å². The Morgan fingerprint density at radius 2 is 1.62 bits per heavy atom. The van der Waals surface area contributed by atoms with Crippen LogP contribution in [0.25, 0.3) is 22.5 Å². The molecule has 0 aliphatic heterocycles. The van der Waals surface area contributed by atoms with Gasteiger partial charge in [-0.2, -0.15) is 5.10 Å². The van der Waals surface area contributed by atoms with Crippen molar-refractivity contribution in [3.8, 4) is 39.8 Å². The average Bonchev–Trinajstić information content (AvgIpc) is 3.15. The van der Waals surface area contributed by atoms with Crippen LogP contribution in [0.3, 0.4) is 0 Å². The lowest BCUT2D eigenvalue weighted by molar-refractivity contribution is 0.477. The summed E-state index contributed by atoms with van der Waals surface area (Å²) in [6.45, 7) is 1.99. The Morgan fingerprint density at radius 3 is 2.46 bits per heavy atom. The number of rotatable bonds is 4. The Balaban J connectivity index is 1.71. The molecule has 4 rings (SSSR count). The van der Waals surface area contributed by atoms with Crippen molar-refractivity contribution >= 4 is 0 Å². The Kier molecular flexibility index (Phi) is 4.15. The zero-order valence-corrected chi connectivity index (χ0v) is 14.3. The summed E-state index contributed by atoms with van der Waals surface area (Å²) in [6.07, 6.45) is 0. The lowest BCUT2D eigenvalue weighted by Crippen LogP contribution is -1.88. The van der Waals surface area contributed by atoms with Crippen molar-refractivity contribution in [2.75, 3.05) is 0 Å². The van der Waals surface area contributed by atoms with E-state index in [0.717, 1.165) is 28.3 Å². The molecule has 1 heterocycles. The lowest BCUT2D eigenvalue weighted by atomic mass is 10.1. The van der Waals surface area contributed by atoms with Gasteiger partial charge >= 0.3 is 0 Å². The smallest absolute Gasteiger partial charge is 0.136 e. The molecule has 0 atom stereocenters. The quantitative estimate of drug-likeness (QED) is 0.511. The van der Waals surface area contributed by atoms with Gasteiger partial charge in [0, 0.05) is 11.1 Å². The van der Waals surface area contributed by atoms with Crippen molar-refractivity contribution in [3.05, 3.63) is 84.4 Å². The number of aromatic nitrogens is 2. The summed E-state index contributed by atoms with van der Waals surface area (Å²) in [5, 5.41) is 17.6. The highest BCUT2D eigenvalue weighted by Crippen LogP contribution is 2.35. The van der Waals surface area contributed by atoms with Crippen LogP contribution < -0.4 is 4.74 Å². The van der Waals surface area contributed by atoms with E-state index in [1.54, 1.807) is 6.07 Å². The summed E-state index contributed by atoms with van der Waals surface area (Å²) < 4.78 is 6.02. The molecule has 4 nitrogen and oxygen atoms in total. The first-order chi connectivity index (χ1) is 12.7. The van der Waals surface area contributed by atoms with E-state index >= 15 is 0 Å². The summed E-state index contributed by atoms with van der Waals surface area (Å²) in [7, 11) is 0. The summed E-state index contributed by atoms with van der Waals surface area (Å²) in [4.78, 5) is 0. The van der Waals surface area contributed by atoms with E-state index in [4.69, 9.17) is 4.74 Å². The van der Waals surface area contributed by atoms with E-state index < -0.39 is 0 Å². The van der Waals surface area contributed by atoms with Crippen molar-refractivity contribution in [3.63, 3.8) is 0 Å². The van der Waals surface area contributed by atoms with Gasteiger partial charge in [-0.15, -0.1) is 0 Å². The fraction of sp³-hybridized carbons (Fsp3) is 0.0455. The number of hydrogen-bond acceptors (Lipinski definition) is 3. The predicted octanol–water partition coefficient (Wildman–Crippen LogP) is 5.55. The highest BCUT2D eigenvalue weighted by atomic mass is 16.5. The molecule has 0 unspecified atom stereocenters. The monoisotopic (exact) mass is 342 g/mol. The summed E-state index contributed by atoms with van der Waals surface area (Å²) >= 11 is 0. The van der Waals surface area contributed by atoms with E-state index in [2.05, 4.69) is 10.2 Å². The first kappa shape index (κ1) is 16.0. The molecule has 128 valence electrons. The first-order valence-corrected chi connectivity index (χ1v) is 8.38. The molecule has 0 aliphatic carbocycles. The number of para-hydroxylation sites is 2. The van der Waals surface area contributed by atoms with Crippen molar-refractivity contribution in [1.29, 1.82) is 0 Å². The fourth-order valence-corrected chi connectivity index (χ4v) is 2.85. The Labute approximate surface area is 151 Å². The number of nitrogens with zero attached hydrogens (tertiary/aromatic N) is 1. The van der Waals surface area contributed by atoms with Crippen molar-refractivity contribution in [1.82, 2.24) is 10.2 Å². The molecule has 0 fully saturated rings. The number of aryl methyl sites for hydroxylation is 1. The number of ether oxygens (including phenoxy) is 1. The molecule has 1 aromatic heterocycles. The van der Waals surface area contributed by atoms with Gasteiger partial charge in [-0.3, -0.25) is 5.10 Å². The molecular formula is C22H18N2O2. The number of benzene rings is 3. The van der Waals surface area contributed by atoms with E-state index in [9.17, 15) is 5.11 Å². The second kappa shape index (κ2) is 6.76. The lowest BCUT2D eigenvalue weighted by Gasteiger charge is -2.09. The Morgan fingerprint density at radius 1 is 0.846 bits per heavy atom. The van der Waals surface area contributed by atoms with Gasteiger partial charge in [0.2, 0.25) is 0 Å². The highest BCUT2D eigenvalue weighted by molar-refractivity contribution is 5.75. The van der Waals surface area contributed by atoms with E-state index in [1.807, 2.05) is 79.7 Å². The molecular weight excluding hydrogens is 324 g/mol. The van der Waals surface area contributed by atoms with Crippen LogP contribution in [0.4, 0.5) is 0 Å². The molecule has 0 radical (unpaired) electrons. The number of phenolic OH excluding ortho intramolecular Hbond substituents is 1. The summed E-state index contributed by atoms with van der Waals surface area (Å²) in [5.74, 6) is 1.72. The maximum Gasteiger partial charge on any atom is 0.136 e. The number of hydrogen-bond donors (Lipinski definition) is 2. The molecule has 0 aliphatic rings. The summed E-state index contributed by atoms with van der Waals surface area (Å²) in [6, 6.07) is 24.8. The maximum atomic E-state index is 10.1. The third kappa shape index (κ3) is 3.17. The SMILES string of the molecule is Cc1ccc(O)c(-c2cc(-c3ccccc3Oc3ccccc3)[nH]n2)c1. The average molecular weight is 342 g/mol. The van der Waals surface area contributed by atoms with Gasteiger partial charge in [-0.25, -0.2) is 0 Å². The molecule has 0 spiro atoms. The Hall–Kier alpha value is -3.53. The molecule has 0 saturated heterocycles. The van der Waals surface area contributed by atoms with E-state index in [1.165, 1.54) is 0 Å². The Bertz CT molecular complexity index is 1040. The maximum absolute atomic E-state index is 10.1. The van der Waals surface area contributed by atoms with Gasteiger partial charge in [-0.05, 0) is 49.4 Å². The van der Waals surface area contributed by atoms with Crippen LogP contribution in [0.15, 0.2) is 78.9 Å². The summed E-state index contributed by atoms with van der Waals surface area (Å²) in [5.41, 5.74) is 4.19. The zero-order valence-electron chi connectivity index (χ0n) is 14.3. The van der Waals surface area contributed by atoms with Crippen LogP contribution in [0, 0.1) is 6.92 Å². The van der Waals surface area contributed by atoms with Gasteiger partial charge in [0.1, 0.15) is 17.2 Å². The van der Waals surface area contributed by atoms with Crippen LogP contribution >= 0.6 is 0 Å². The number of aromatic amines is 1. The highest BCUT2D eigenvalue weighted by Gasteiger charge is 2.13. The predicted molar refractivity (Wildman–Crippen MR) is 102 cm³/mol. The van der Waals surface area contributed by atoms with Crippen molar-refractivity contribution in [2.45, 2.75) is 6.92 Å². The molecule has 26 heavy (non-hydrogen) atoms. The molecule has 4 aromatic rings. The zero-order chi connectivity index (χ0) is 17.9. The minimum absolute atomic E-state index is 0.211. The number of H-pyrrole nitrogens is 1. The van der Waals surface area contributed by atoms with Gasteiger partial charge in [0.05, 0.1) is 11.4 Å². The number of phenols is 1. The molecule has 0 saturated carbocycles. The van der Waals surface area contributed by atoms with Crippen molar-refractivity contribution in [2.24, 2.45) is 0 Å². The molecule has 3 aromatic carbocycles. The fourth-order valence-electron chi connectivity index (χ4n) is 2.85. The molecule has 0 bridgehead atoms. The third-order valence-corrected chi connectivity index (χ3v) is 4.15. The van der Waals surface area contributed by atoms with Crippen LogP contribution in [0.5, 0.6) is 17.2 Å². The molecule has 2 N–H and O–H groups in total. The van der Waals surface area contributed by atoms with E-state index in [-0.39, 0.29) is 5.75 Å². The minimum atomic E-state index is 0.211. The molecule has 0 amide bonds. The van der Waals surface area contributed by atoms with E-state index in [0.29, 0.717) is 11.3 Å². The number of aromatic hydroxyl groups is 1. The van der Waals surface area contributed by atoms with Gasteiger partial charge < -0.3 is 9.84 Å².